The first-order valence-corrected chi connectivity index (χ1v) is 9.68. The van der Waals surface area contributed by atoms with Gasteiger partial charge in [-0.15, -0.1) is 13.2 Å². The van der Waals surface area contributed by atoms with Crippen LogP contribution in [0.5, 0.6) is 5.75 Å². The lowest BCUT2D eigenvalue weighted by molar-refractivity contribution is -0.274. The van der Waals surface area contributed by atoms with Gasteiger partial charge in [0.25, 0.3) is 0 Å². The molecule has 0 unspecified atom stereocenters. The molecule has 0 amide bonds. The van der Waals surface area contributed by atoms with E-state index in [4.69, 9.17) is 11.6 Å². The van der Waals surface area contributed by atoms with Crippen LogP contribution in [0.3, 0.4) is 0 Å². The molecule has 12 heteroatoms. The SMILES string of the molecule is OC[C@H]1C[C@@H](Nc2ccnc3cc(-c4cc(Cl)ccc4OC(F)(F)F)nn23)[C@H](O)[C@@H]1O. The maximum Gasteiger partial charge on any atom is 0.573 e. The van der Waals surface area contributed by atoms with Crippen LogP contribution < -0.4 is 10.1 Å². The minimum Gasteiger partial charge on any atom is -0.405 e. The van der Waals surface area contributed by atoms with Gasteiger partial charge >= 0.3 is 6.36 Å². The number of ether oxygens (including phenoxy) is 1. The van der Waals surface area contributed by atoms with Gasteiger partial charge in [0.05, 0.1) is 17.8 Å². The maximum atomic E-state index is 12.8. The number of nitrogens with zero attached hydrogens (tertiary/aromatic N) is 3. The van der Waals surface area contributed by atoms with Gasteiger partial charge in [-0.3, -0.25) is 0 Å². The standard InChI is InChI=1S/C19H18ClF3N4O4/c20-10-1-2-14(31-19(21,22)23)11(6-10)12-7-16-24-4-3-15(27(16)26-12)25-13-5-9(8-28)17(29)18(13)30/h1-4,6-7,9,13,17-18,25,28-30H,5,8H2/t9-,13-,17-,18+/m1/s1. The average Bonchev–Trinajstić information content (AvgIpc) is 3.25. The second kappa shape index (κ2) is 8.15. The van der Waals surface area contributed by atoms with Crippen molar-refractivity contribution in [2.75, 3.05) is 11.9 Å². The first-order valence-electron chi connectivity index (χ1n) is 9.30. The first-order chi connectivity index (χ1) is 14.7. The van der Waals surface area contributed by atoms with E-state index < -0.39 is 36.3 Å². The summed E-state index contributed by atoms with van der Waals surface area (Å²) >= 11 is 5.97. The molecule has 1 aromatic carbocycles. The monoisotopic (exact) mass is 458 g/mol. The molecule has 4 N–H and O–H groups in total. The normalized spacial score (nSPS) is 24.0. The molecule has 4 rings (SSSR count). The summed E-state index contributed by atoms with van der Waals surface area (Å²) in [5.41, 5.74) is 0.492. The molecule has 1 fully saturated rings. The summed E-state index contributed by atoms with van der Waals surface area (Å²) in [6.45, 7) is -0.273. The van der Waals surface area contributed by atoms with Crippen molar-refractivity contribution in [2.45, 2.75) is 31.0 Å². The Hall–Kier alpha value is -2.60. The molecule has 1 aliphatic carbocycles. The predicted octanol–water partition coefficient (Wildman–Crippen LogP) is 2.46. The Balaban J connectivity index is 1.70. The van der Waals surface area contributed by atoms with E-state index in [1.165, 1.54) is 28.9 Å². The maximum absolute atomic E-state index is 12.8. The molecule has 166 valence electrons. The Morgan fingerprint density at radius 2 is 1.97 bits per heavy atom. The Morgan fingerprint density at radius 1 is 1.19 bits per heavy atom. The number of aliphatic hydroxyl groups is 3. The highest BCUT2D eigenvalue weighted by Crippen LogP contribution is 2.36. The third-order valence-corrected chi connectivity index (χ3v) is 5.41. The van der Waals surface area contributed by atoms with Gasteiger partial charge in [-0.05, 0) is 30.7 Å². The van der Waals surface area contributed by atoms with Crippen molar-refractivity contribution < 1.29 is 33.2 Å². The number of aliphatic hydroxyl groups excluding tert-OH is 3. The Morgan fingerprint density at radius 3 is 2.65 bits per heavy atom. The van der Waals surface area contributed by atoms with Crippen molar-refractivity contribution in [2.24, 2.45) is 5.92 Å². The number of anilines is 1. The number of fused-ring (bicyclic) bond motifs is 1. The van der Waals surface area contributed by atoms with Gasteiger partial charge in [0.1, 0.15) is 17.7 Å². The fourth-order valence-corrected chi connectivity index (χ4v) is 3.86. The highest BCUT2D eigenvalue weighted by molar-refractivity contribution is 6.31. The smallest absolute Gasteiger partial charge is 0.405 e. The van der Waals surface area contributed by atoms with Crippen molar-refractivity contribution in [3.8, 4) is 17.0 Å². The Kier molecular flexibility index (Phi) is 5.69. The van der Waals surface area contributed by atoms with Crippen molar-refractivity contribution in [3.63, 3.8) is 0 Å². The molecule has 3 aromatic rings. The first kappa shape index (κ1) is 21.6. The highest BCUT2D eigenvalue weighted by Gasteiger charge is 2.41. The molecule has 0 aliphatic heterocycles. The molecule has 31 heavy (non-hydrogen) atoms. The number of hydrogen-bond acceptors (Lipinski definition) is 7. The van der Waals surface area contributed by atoms with Gasteiger partial charge in [0.2, 0.25) is 0 Å². The fourth-order valence-electron chi connectivity index (χ4n) is 3.69. The summed E-state index contributed by atoms with van der Waals surface area (Å²) < 4.78 is 43.9. The van der Waals surface area contributed by atoms with Crippen molar-refractivity contribution >= 4 is 23.1 Å². The van der Waals surface area contributed by atoms with Gasteiger partial charge in [-0.25, -0.2) is 4.98 Å². The average molecular weight is 459 g/mol. The van der Waals surface area contributed by atoms with Crippen molar-refractivity contribution in [3.05, 3.63) is 41.6 Å². The summed E-state index contributed by atoms with van der Waals surface area (Å²) in [6, 6.07) is 6.16. The van der Waals surface area contributed by atoms with Crippen LogP contribution in [-0.2, 0) is 0 Å². The van der Waals surface area contributed by atoms with Gasteiger partial charge in [0.15, 0.2) is 5.65 Å². The summed E-state index contributed by atoms with van der Waals surface area (Å²) in [5.74, 6) is -0.548. The minimum absolute atomic E-state index is 0.0259. The molecule has 1 aliphatic rings. The van der Waals surface area contributed by atoms with E-state index in [9.17, 15) is 28.5 Å². The lowest BCUT2D eigenvalue weighted by Gasteiger charge is -2.19. The van der Waals surface area contributed by atoms with Crippen LogP contribution in [0.2, 0.25) is 5.02 Å². The van der Waals surface area contributed by atoms with Gasteiger partial charge in [-0.1, -0.05) is 11.6 Å². The third kappa shape index (κ3) is 4.40. The molecule has 0 spiro atoms. The number of nitrogens with one attached hydrogen (secondary N) is 1. The van der Waals surface area contributed by atoms with Crippen LogP contribution in [0.25, 0.3) is 16.9 Å². The van der Waals surface area contributed by atoms with E-state index in [1.54, 1.807) is 6.07 Å². The van der Waals surface area contributed by atoms with E-state index in [-0.39, 0.29) is 22.9 Å². The van der Waals surface area contributed by atoms with Crippen LogP contribution in [0.15, 0.2) is 36.5 Å². The molecule has 8 nitrogen and oxygen atoms in total. The Labute approximate surface area is 178 Å². The lowest BCUT2D eigenvalue weighted by atomic mass is 10.1. The number of hydrogen-bond donors (Lipinski definition) is 4. The summed E-state index contributed by atoms with van der Waals surface area (Å²) in [7, 11) is 0. The number of benzene rings is 1. The lowest BCUT2D eigenvalue weighted by Crippen LogP contribution is -2.35. The van der Waals surface area contributed by atoms with E-state index in [1.807, 2.05) is 0 Å². The quantitative estimate of drug-likeness (QED) is 0.464. The van der Waals surface area contributed by atoms with Crippen LogP contribution in [0, 0.1) is 5.92 Å². The van der Waals surface area contributed by atoms with Gasteiger partial charge < -0.3 is 25.4 Å². The van der Waals surface area contributed by atoms with Crippen LogP contribution >= 0.6 is 11.6 Å². The number of rotatable bonds is 5. The Bertz CT molecular complexity index is 1090. The van der Waals surface area contributed by atoms with E-state index in [0.29, 0.717) is 17.9 Å². The van der Waals surface area contributed by atoms with Gasteiger partial charge in [0, 0.05) is 35.4 Å². The molecule has 0 bridgehead atoms. The zero-order valence-electron chi connectivity index (χ0n) is 15.8. The largest absolute Gasteiger partial charge is 0.573 e. The van der Waals surface area contributed by atoms with E-state index in [2.05, 4.69) is 20.1 Å². The molecule has 1 saturated carbocycles. The fraction of sp³-hybridized carbons (Fsp3) is 0.368. The molecule has 4 atom stereocenters. The van der Waals surface area contributed by atoms with E-state index in [0.717, 1.165) is 6.07 Å². The third-order valence-electron chi connectivity index (χ3n) is 5.17. The zero-order valence-corrected chi connectivity index (χ0v) is 16.5. The van der Waals surface area contributed by atoms with Gasteiger partial charge in [-0.2, -0.15) is 9.61 Å². The van der Waals surface area contributed by atoms with Crippen LogP contribution in [0.4, 0.5) is 19.0 Å². The summed E-state index contributed by atoms with van der Waals surface area (Å²) in [6.07, 6.45) is -5.31. The molecule has 0 saturated heterocycles. The van der Waals surface area contributed by atoms with Crippen LogP contribution in [-0.4, -0.2) is 61.1 Å². The van der Waals surface area contributed by atoms with E-state index >= 15 is 0 Å². The second-order valence-electron chi connectivity index (χ2n) is 7.23. The summed E-state index contributed by atoms with van der Waals surface area (Å²) in [4.78, 5) is 4.17. The minimum atomic E-state index is -4.89. The molecule has 0 radical (unpaired) electrons. The number of aromatic nitrogens is 3. The van der Waals surface area contributed by atoms with Crippen molar-refractivity contribution in [1.29, 1.82) is 0 Å². The number of alkyl halides is 3. The zero-order chi connectivity index (χ0) is 22.3. The molecule has 2 aromatic heterocycles. The topological polar surface area (TPSA) is 112 Å². The second-order valence-corrected chi connectivity index (χ2v) is 7.66. The van der Waals surface area contributed by atoms with Crippen molar-refractivity contribution in [1.82, 2.24) is 14.6 Å². The summed E-state index contributed by atoms with van der Waals surface area (Å²) in [5, 5.41) is 37.2. The molecule has 2 heterocycles. The molecular formula is C19H18ClF3N4O4. The molecular weight excluding hydrogens is 441 g/mol. The number of halogens is 4. The van der Waals surface area contributed by atoms with Crippen LogP contribution in [0.1, 0.15) is 6.42 Å². The highest BCUT2D eigenvalue weighted by atomic mass is 35.5. The predicted molar refractivity (Wildman–Crippen MR) is 105 cm³/mol.